The fourth-order valence-electron chi connectivity index (χ4n) is 2.96. The van der Waals surface area contributed by atoms with Crippen molar-refractivity contribution in [3.63, 3.8) is 0 Å². The second-order valence-corrected chi connectivity index (χ2v) is 7.03. The van der Waals surface area contributed by atoms with Crippen LogP contribution in [-0.4, -0.2) is 29.1 Å². The first-order valence-electron chi connectivity index (χ1n) is 9.37. The van der Waals surface area contributed by atoms with Gasteiger partial charge in [-0.25, -0.2) is 9.48 Å². The van der Waals surface area contributed by atoms with Crippen LogP contribution in [0.3, 0.4) is 0 Å². The van der Waals surface area contributed by atoms with Gasteiger partial charge in [0, 0.05) is 41.5 Å². The summed E-state index contributed by atoms with van der Waals surface area (Å²) in [5.41, 5.74) is 1.96. The van der Waals surface area contributed by atoms with Crippen LogP contribution in [-0.2, 0) is 6.54 Å². The first-order chi connectivity index (χ1) is 14.6. The summed E-state index contributed by atoms with van der Waals surface area (Å²) in [6, 6.07) is 15.2. The summed E-state index contributed by atoms with van der Waals surface area (Å²) >= 11 is 5.91. The van der Waals surface area contributed by atoms with Crippen molar-refractivity contribution >= 4 is 23.3 Å². The molecule has 1 aliphatic heterocycles. The van der Waals surface area contributed by atoms with Gasteiger partial charge in [0.1, 0.15) is 0 Å². The number of carbonyl (C=O) groups excluding carboxylic acids is 1. The van der Waals surface area contributed by atoms with Gasteiger partial charge >= 0.3 is 6.03 Å². The molecule has 154 valence electrons. The zero-order valence-corrected chi connectivity index (χ0v) is 16.7. The smallest absolute Gasteiger partial charge is 0.319 e. The second-order valence-electron chi connectivity index (χ2n) is 6.59. The van der Waals surface area contributed by atoms with Crippen molar-refractivity contribution in [3.8, 4) is 22.8 Å². The predicted molar refractivity (Wildman–Crippen MR) is 113 cm³/mol. The molecular formula is C21H19ClN4O4. The van der Waals surface area contributed by atoms with E-state index in [9.17, 15) is 9.59 Å². The Morgan fingerprint density at radius 2 is 1.87 bits per heavy atom. The molecule has 0 fully saturated rings. The maximum atomic E-state index is 12.1. The monoisotopic (exact) mass is 426 g/mol. The molecule has 8 nitrogen and oxygen atoms in total. The number of benzene rings is 2. The Morgan fingerprint density at radius 3 is 2.70 bits per heavy atom. The van der Waals surface area contributed by atoms with Gasteiger partial charge in [0.2, 0.25) is 6.79 Å². The zero-order chi connectivity index (χ0) is 20.9. The van der Waals surface area contributed by atoms with Crippen LogP contribution in [0.5, 0.6) is 11.5 Å². The Balaban J connectivity index is 1.29. The van der Waals surface area contributed by atoms with Gasteiger partial charge in [-0.3, -0.25) is 4.79 Å². The first kappa shape index (κ1) is 19.8. The lowest BCUT2D eigenvalue weighted by Gasteiger charge is -2.10. The summed E-state index contributed by atoms with van der Waals surface area (Å²) in [7, 11) is 0. The van der Waals surface area contributed by atoms with Crippen LogP contribution in [0.4, 0.5) is 10.5 Å². The molecule has 0 bridgehead atoms. The van der Waals surface area contributed by atoms with Crippen molar-refractivity contribution < 1.29 is 14.3 Å². The van der Waals surface area contributed by atoms with E-state index >= 15 is 0 Å². The highest BCUT2D eigenvalue weighted by Gasteiger charge is 2.14. The number of nitrogens with zero attached hydrogens (tertiary/aromatic N) is 2. The van der Waals surface area contributed by atoms with Crippen LogP contribution in [0.15, 0.2) is 59.4 Å². The third-order valence-electron chi connectivity index (χ3n) is 4.47. The van der Waals surface area contributed by atoms with Crippen LogP contribution in [0.1, 0.15) is 6.42 Å². The molecule has 2 amide bonds. The summed E-state index contributed by atoms with van der Waals surface area (Å²) in [6.45, 7) is 0.942. The normalized spacial score (nSPS) is 11.9. The summed E-state index contributed by atoms with van der Waals surface area (Å²) in [6.07, 6.45) is 0.547. The number of aromatic nitrogens is 2. The summed E-state index contributed by atoms with van der Waals surface area (Å²) < 4.78 is 11.9. The zero-order valence-electron chi connectivity index (χ0n) is 15.9. The van der Waals surface area contributed by atoms with E-state index in [1.54, 1.807) is 36.4 Å². The average Bonchev–Trinajstić information content (AvgIpc) is 3.21. The van der Waals surface area contributed by atoms with E-state index in [0.29, 0.717) is 47.4 Å². The standard InChI is InChI=1S/C21H19ClN4O4/c22-15-4-2-14(3-5-15)17-7-9-20(27)26(25-17)11-1-10-23-21(28)24-16-6-8-18-19(12-16)30-13-29-18/h2-9,12H,1,10-11,13H2,(H2,23,24,28). The molecule has 2 aromatic carbocycles. The molecule has 9 heteroatoms. The van der Waals surface area contributed by atoms with Gasteiger partial charge < -0.3 is 20.1 Å². The maximum absolute atomic E-state index is 12.1. The van der Waals surface area contributed by atoms with Crippen LogP contribution in [0, 0.1) is 0 Å². The lowest BCUT2D eigenvalue weighted by molar-refractivity contribution is 0.174. The van der Waals surface area contributed by atoms with Crippen molar-refractivity contribution in [1.82, 2.24) is 15.1 Å². The number of nitrogens with one attached hydrogen (secondary N) is 2. The number of hydrogen-bond donors (Lipinski definition) is 2. The van der Waals surface area contributed by atoms with E-state index in [0.717, 1.165) is 5.56 Å². The number of anilines is 1. The van der Waals surface area contributed by atoms with E-state index in [2.05, 4.69) is 15.7 Å². The number of fused-ring (bicyclic) bond motifs is 1. The molecule has 4 rings (SSSR count). The van der Waals surface area contributed by atoms with E-state index in [1.807, 2.05) is 12.1 Å². The highest BCUT2D eigenvalue weighted by Crippen LogP contribution is 2.34. The first-order valence-corrected chi connectivity index (χ1v) is 9.75. The van der Waals surface area contributed by atoms with Crippen LogP contribution < -0.4 is 25.7 Å². The Labute approximate surface area is 177 Å². The summed E-state index contributed by atoms with van der Waals surface area (Å²) in [5.74, 6) is 1.25. The van der Waals surface area contributed by atoms with Crippen molar-refractivity contribution in [3.05, 3.63) is 70.0 Å². The van der Waals surface area contributed by atoms with Crippen molar-refractivity contribution in [1.29, 1.82) is 0 Å². The highest BCUT2D eigenvalue weighted by molar-refractivity contribution is 6.30. The maximum Gasteiger partial charge on any atom is 0.319 e. The molecule has 2 N–H and O–H groups in total. The number of aryl methyl sites for hydroxylation is 1. The molecule has 3 aromatic rings. The molecule has 1 aliphatic rings. The second kappa shape index (κ2) is 8.87. The quantitative estimate of drug-likeness (QED) is 0.588. The molecular weight excluding hydrogens is 408 g/mol. The van der Waals surface area contributed by atoms with Crippen molar-refractivity contribution in [2.45, 2.75) is 13.0 Å². The predicted octanol–water partition coefficient (Wildman–Crippen LogP) is 3.50. The largest absolute Gasteiger partial charge is 0.454 e. The SMILES string of the molecule is O=C(NCCCn1nc(-c2ccc(Cl)cc2)ccc1=O)Nc1ccc2c(c1)OCO2. The lowest BCUT2D eigenvalue weighted by atomic mass is 10.1. The topological polar surface area (TPSA) is 94.5 Å². The van der Waals surface area contributed by atoms with Crippen molar-refractivity contribution in [2.75, 3.05) is 18.7 Å². The minimum atomic E-state index is -0.343. The molecule has 0 radical (unpaired) electrons. The lowest BCUT2D eigenvalue weighted by Crippen LogP contribution is -2.31. The summed E-state index contributed by atoms with van der Waals surface area (Å²) in [4.78, 5) is 24.1. The summed E-state index contributed by atoms with van der Waals surface area (Å²) in [5, 5.41) is 10.5. The Kier molecular flexibility index (Phi) is 5.85. The van der Waals surface area contributed by atoms with Gasteiger partial charge in [0.05, 0.1) is 5.69 Å². The van der Waals surface area contributed by atoms with E-state index in [4.69, 9.17) is 21.1 Å². The van der Waals surface area contributed by atoms with Crippen LogP contribution in [0.25, 0.3) is 11.3 Å². The van der Waals surface area contributed by atoms with Gasteiger partial charge in [-0.1, -0.05) is 23.7 Å². The number of carbonyl (C=O) groups is 1. The Morgan fingerprint density at radius 1 is 1.07 bits per heavy atom. The minimum Gasteiger partial charge on any atom is -0.454 e. The van der Waals surface area contributed by atoms with Crippen LogP contribution in [0.2, 0.25) is 5.02 Å². The number of urea groups is 1. The Hall–Kier alpha value is -3.52. The van der Waals surface area contributed by atoms with Gasteiger partial charge in [-0.15, -0.1) is 0 Å². The molecule has 2 heterocycles. The minimum absolute atomic E-state index is 0.178. The third kappa shape index (κ3) is 4.72. The number of halogens is 1. The number of amides is 2. The van der Waals surface area contributed by atoms with Crippen LogP contribution >= 0.6 is 11.6 Å². The average molecular weight is 427 g/mol. The number of rotatable bonds is 6. The molecule has 0 saturated heterocycles. The molecule has 0 aliphatic carbocycles. The molecule has 0 spiro atoms. The number of ether oxygens (including phenoxy) is 2. The van der Waals surface area contributed by atoms with Crippen molar-refractivity contribution in [2.24, 2.45) is 0 Å². The Bertz CT molecular complexity index is 1110. The fraction of sp³-hybridized carbons (Fsp3) is 0.190. The van der Waals surface area contributed by atoms with E-state index < -0.39 is 0 Å². The fourth-order valence-corrected chi connectivity index (χ4v) is 3.09. The molecule has 0 unspecified atom stereocenters. The van der Waals surface area contributed by atoms with Gasteiger partial charge in [0.25, 0.3) is 5.56 Å². The molecule has 0 atom stereocenters. The van der Waals surface area contributed by atoms with E-state index in [-0.39, 0.29) is 18.4 Å². The molecule has 30 heavy (non-hydrogen) atoms. The number of hydrogen-bond acceptors (Lipinski definition) is 5. The molecule has 1 aromatic heterocycles. The highest BCUT2D eigenvalue weighted by atomic mass is 35.5. The van der Waals surface area contributed by atoms with E-state index in [1.165, 1.54) is 10.7 Å². The van der Waals surface area contributed by atoms with Gasteiger partial charge in [-0.05, 0) is 36.8 Å². The molecule has 0 saturated carbocycles. The van der Waals surface area contributed by atoms with Gasteiger partial charge in [-0.2, -0.15) is 5.10 Å². The van der Waals surface area contributed by atoms with Gasteiger partial charge in [0.15, 0.2) is 11.5 Å². The third-order valence-corrected chi connectivity index (χ3v) is 4.72.